The van der Waals surface area contributed by atoms with Gasteiger partial charge in [-0.1, -0.05) is 11.6 Å². The van der Waals surface area contributed by atoms with Gasteiger partial charge in [-0.15, -0.1) is 0 Å². The Hall–Kier alpha value is -1.82. The minimum absolute atomic E-state index is 0.0371. The fourth-order valence-electron chi connectivity index (χ4n) is 2.09. The van der Waals surface area contributed by atoms with Crippen molar-refractivity contribution in [2.45, 2.75) is 11.7 Å². The van der Waals surface area contributed by atoms with Crippen LogP contribution in [0.3, 0.4) is 0 Å². The molecule has 0 aromatic heterocycles. The molecule has 20 heavy (non-hydrogen) atoms. The molecule has 1 saturated heterocycles. The lowest BCUT2D eigenvalue weighted by molar-refractivity contribution is -0.117. The Morgan fingerprint density at radius 2 is 2.10 bits per heavy atom. The molecule has 0 radical (unpaired) electrons. The Bertz CT molecular complexity index is 726. The van der Waals surface area contributed by atoms with E-state index in [-0.39, 0.29) is 34.9 Å². The zero-order chi connectivity index (χ0) is 15.1. The highest BCUT2D eigenvalue weighted by Crippen LogP contribution is 2.35. The average Bonchev–Trinajstić information content (AvgIpc) is 2.73. The molecule has 4 N–H and O–H groups in total. The Kier molecular flexibility index (Phi) is 3.60. The molecule has 1 aliphatic heterocycles. The van der Waals surface area contributed by atoms with Crippen molar-refractivity contribution in [3.63, 3.8) is 0 Å². The summed E-state index contributed by atoms with van der Waals surface area (Å²) in [6.07, 6.45) is -0.240. The van der Waals surface area contributed by atoms with Crippen LogP contribution in [0.15, 0.2) is 12.1 Å². The van der Waals surface area contributed by atoms with Crippen molar-refractivity contribution in [3.05, 3.63) is 22.7 Å². The fourth-order valence-corrected chi connectivity index (χ4v) is 3.02. The maximum Gasteiger partial charge on any atom is 0.228 e. The monoisotopic (exact) mass is 314 g/mol. The predicted molar refractivity (Wildman–Crippen MR) is 74.4 cm³/mol. The molecule has 1 aliphatic rings. The predicted octanol–water partition coefficient (Wildman–Crippen LogP) is 0.188. The number of carbonyl (C=O) groups is 1. The van der Waals surface area contributed by atoms with Crippen molar-refractivity contribution < 1.29 is 13.2 Å². The van der Waals surface area contributed by atoms with Crippen LogP contribution in [0.1, 0.15) is 12.0 Å². The summed E-state index contributed by atoms with van der Waals surface area (Å²) in [4.78, 5) is 13.1. The highest BCUT2D eigenvalue weighted by Gasteiger charge is 2.39. The van der Waals surface area contributed by atoms with Gasteiger partial charge in [-0.25, -0.2) is 13.6 Å². The van der Waals surface area contributed by atoms with Crippen LogP contribution < -0.4 is 15.8 Å². The normalized spacial score (nSPS) is 19.1. The number of benzene rings is 1. The molecule has 1 aromatic carbocycles. The van der Waals surface area contributed by atoms with Crippen molar-refractivity contribution in [1.82, 2.24) is 0 Å². The van der Waals surface area contributed by atoms with Gasteiger partial charge in [0, 0.05) is 13.0 Å². The van der Waals surface area contributed by atoms with Gasteiger partial charge in [0.1, 0.15) is 11.3 Å². The number of primary sulfonamides is 1. The summed E-state index contributed by atoms with van der Waals surface area (Å²) in [5.41, 5.74) is 6.13. The van der Waals surface area contributed by atoms with E-state index in [1.165, 1.54) is 12.1 Å². The second-order valence-corrected chi connectivity index (χ2v) is 6.64. The zero-order valence-electron chi connectivity index (χ0n) is 10.2. The van der Waals surface area contributed by atoms with E-state index in [1.807, 2.05) is 6.07 Å². The highest BCUT2D eigenvalue weighted by molar-refractivity contribution is 7.89. The molecule has 0 aliphatic carbocycles. The Labute approximate surface area is 120 Å². The summed E-state index contributed by atoms with van der Waals surface area (Å²) in [5, 5.41) is 13.3. The molecular weight excluding hydrogens is 304 g/mol. The number of amides is 1. The van der Waals surface area contributed by atoms with Gasteiger partial charge in [-0.3, -0.25) is 4.79 Å². The van der Waals surface area contributed by atoms with Crippen LogP contribution in [-0.2, 0) is 14.8 Å². The minimum atomic E-state index is -3.84. The lowest BCUT2D eigenvalue weighted by Crippen LogP contribution is -2.32. The fraction of sp³-hybridized carbons (Fsp3) is 0.273. The first-order valence-electron chi connectivity index (χ1n) is 5.55. The second-order valence-electron chi connectivity index (χ2n) is 4.39. The van der Waals surface area contributed by atoms with Crippen molar-refractivity contribution >= 4 is 38.9 Å². The third-order valence-corrected chi connectivity index (χ3v) is 4.65. The SMILES string of the molecule is N#Cc1c(Cl)ccc(N)c1N1CC(S(N)(=O)=O)CC1=O. The van der Waals surface area contributed by atoms with Gasteiger partial charge in [0.25, 0.3) is 0 Å². The Morgan fingerprint density at radius 3 is 2.60 bits per heavy atom. The minimum Gasteiger partial charge on any atom is -0.397 e. The van der Waals surface area contributed by atoms with Gasteiger partial charge >= 0.3 is 0 Å². The summed E-state index contributed by atoms with van der Waals surface area (Å²) in [7, 11) is -3.84. The van der Waals surface area contributed by atoms with Crippen molar-refractivity contribution in [2.75, 3.05) is 17.2 Å². The molecule has 0 saturated carbocycles. The Balaban J connectivity index is 2.52. The highest BCUT2D eigenvalue weighted by atomic mass is 35.5. The molecule has 1 unspecified atom stereocenters. The van der Waals surface area contributed by atoms with Crippen molar-refractivity contribution in [3.8, 4) is 6.07 Å². The van der Waals surface area contributed by atoms with Crippen LogP contribution in [-0.4, -0.2) is 26.1 Å². The first kappa shape index (κ1) is 14.6. The first-order chi connectivity index (χ1) is 9.25. The van der Waals surface area contributed by atoms with E-state index in [4.69, 9.17) is 27.7 Å². The van der Waals surface area contributed by atoms with Gasteiger partial charge in [-0.05, 0) is 12.1 Å². The van der Waals surface area contributed by atoms with Gasteiger partial charge in [0.15, 0.2) is 0 Å². The van der Waals surface area contributed by atoms with E-state index in [0.29, 0.717) is 0 Å². The van der Waals surface area contributed by atoms with E-state index in [9.17, 15) is 13.2 Å². The molecule has 7 nitrogen and oxygen atoms in total. The van der Waals surface area contributed by atoms with Gasteiger partial charge in [0.2, 0.25) is 15.9 Å². The lowest BCUT2D eigenvalue weighted by atomic mass is 10.1. The van der Waals surface area contributed by atoms with Crippen LogP contribution >= 0.6 is 11.6 Å². The van der Waals surface area contributed by atoms with E-state index in [2.05, 4.69) is 0 Å². The van der Waals surface area contributed by atoms with Crippen LogP contribution in [0.2, 0.25) is 5.02 Å². The van der Waals surface area contributed by atoms with Crippen LogP contribution in [0.5, 0.6) is 0 Å². The number of nitrogen functional groups attached to an aromatic ring is 1. The van der Waals surface area contributed by atoms with Crippen LogP contribution in [0, 0.1) is 11.3 Å². The maximum absolute atomic E-state index is 12.0. The maximum atomic E-state index is 12.0. The smallest absolute Gasteiger partial charge is 0.228 e. The first-order valence-corrected chi connectivity index (χ1v) is 7.54. The average molecular weight is 315 g/mol. The van der Waals surface area contributed by atoms with E-state index in [0.717, 1.165) is 4.90 Å². The van der Waals surface area contributed by atoms with E-state index >= 15 is 0 Å². The molecule has 0 bridgehead atoms. The number of hydrogen-bond acceptors (Lipinski definition) is 5. The number of carbonyl (C=O) groups excluding carboxylic acids is 1. The van der Waals surface area contributed by atoms with Gasteiger partial charge < -0.3 is 10.6 Å². The quantitative estimate of drug-likeness (QED) is 0.752. The molecule has 1 heterocycles. The number of nitriles is 1. The molecule has 1 fully saturated rings. The number of sulfonamides is 1. The van der Waals surface area contributed by atoms with Crippen molar-refractivity contribution in [2.24, 2.45) is 5.14 Å². The van der Waals surface area contributed by atoms with Gasteiger partial charge in [0.05, 0.1) is 22.0 Å². The molecule has 106 valence electrons. The summed E-state index contributed by atoms with van der Waals surface area (Å²) in [6, 6.07) is 4.76. The summed E-state index contributed by atoms with van der Waals surface area (Å²) >= 11 is 5.89. The lowest BCUT2D eigenvalue weighted by Gasteiger charge is -2.20. The van der Waals surface area contributed by atoms with E-state index in [1.54, 1.807) is 0 Å². The Morgan fingerprint density at radius 1 is 1.45 bits per heavy atom. The van der Waals surface area contributed by atoms with Crippen molar-refractivity contribution in [1.29, 1.82) is 5.26 Å². The number of rotatable bonds is 2. The molecule has 1 aromatic rings. The number of hydrogen-bond donors (Lipinski definition) is 2. The summed E-state index contributed by atoms with van der Waals surface area (Å²) in [6.45, 7) is -0.142. The molecular formula is C11H11ClN4O3S. The third-order valence-electron chi connectivity index (χ3n) is 3.09. The molecule has 9 heteroatoms. The summed E-state index contributed by atoms with van der Waals surface area (Å²) < 4.78 is 22.7. The number of nitrogens with two attached hydrogens (primary N) is 2. The largest absolute Gasteiger partial charge is 0.397 e. The topological polar surface area (TPSA) is 130 Å². The molecule has 2 rings (SSSR count). The van der Waals surface area contributed by atoms with Crippen LogP contribution in [0.4, 0.5) is 11.4 Å². The molecule has 0 spiro atoms. The zero-order valence-corrected chi connectivity index (χ0v) is 11.8. The van der Waals surface area contributed by atoms with E-state index < -0.39 is 21.2 Å². The number of nitrogens with zero attached hydrogens (tertiary/aromatic N) is 2. The number of anilines is 2. The second kappa shape index (κ2) is 4.94. The summed E-state index contributed by atoms with van der Waals surface area (Å²) in [5.74, 6) is -0.463. The molecule has 1 amide bonds. The van der Waals surface area contributed by atoms with Gasteiger partial charge in [-0.2, -0.15) is 5.26 Å². The number of halogens is 1. The standard InChI is InChI=1S/C11H11ClN4O3S/c12-8-1-2-9(14)11(7(8)4-13)16-5-6(3-10(16)17)20(15,18)19/h1-2,6H,3,5,14H2,(H2,15,18,19). The van der Waals surface area contributed by atoms with Crippen LogP contribution in [0.25, 0.3) is 0 Å². The molecule has 1 atom stereocenters. The third kappa shape index (κ3) is 2.43.